The molecule has 0 amide bonds. The first-order valence-electron chi connectivity index (χ1n) is 6.31. The Labute approximate surface area is 103 Å². The molecule has 4 nitrogen and oxygen atoms in total. The minimum absolute atomic E-state index is 0.00292. The van der Waals surface area contributed by atoms with Crippen molar-refractivity contribution < 1.29 is 19.3 Å². The number of aliphatic hydroxyl groups is 1. The average molecular weight is 242 g/mol. The Hall–Kier alpha value is -0.760. The predicted octanol–water partition coefficient (Wildman–Crippen LogP) is 2.40. The summed E-state index contributed by atoms with van der Waals surface area (Å²) in [6, 6.07) is 0. The first kappa shape index (κ1) is 14.3. The summed E-state index contributed by atoms with van der Waals surface area (Å²) in [4.78, 5) is 0. The van der Waals surface area contributed by atoms with Crippen molar-refractivity contribution in [1.29, 1.82) is 0 Å². The Morgan fingerprint density at radius 3 is 1.76 bits per heavy atom. The maximum Gasteiger partial charge on any atom is 0.160 e. The molecule has 2 aliphatic rings. The Bertz CT molecular complexity index is 210. The second-order valence-electron chi connectivity index (χ2n) is 4.09. The van der Waals surface area contributed by atoms with Gasteiger partial charge in [0.2, 0.25) is 0 Å². The van der Waals surface area contributed by atoms with Crippen LogP contribution >= 0.6 is 0 Å². The summed E-state index contributed by atoms with van der Waals surface area (Å²) < 4.78 is 16.6. The van der Waals surface area contributed by atoms with Crippen molar-refractivity contribution in [3.8, 4) is 12.0 Å². The topological polar surface area (TPSA) is 47.9 Å². The first-order chi connectivity index (χ1) is 8.36. The Morgan fingerprint density at radius 2 is 1.47 bits per heavy atom. The minimum Gasteiger partial charge on any atom is -0.462 e. The van der Waals surface area contributed by atoms with Crippen LogP contribution in [0.2, 0.25) is 0 Å². The number of hydrogen-bond donors (Lipinski definition) is 1. The van der Waals surface area contributed by atoms with Gasteiger partial charge in [-0.15, -0.1) is 0 Å². The van der Waals surface area contributed by atoms with E-state index in [4.69, 9.17) is 19.3 Å². The Morgan fingerprint density at radius 1 is 1.00 bits per heavy atom. The highest BCUT2D eigenvalue weighted by molar-refractivity contribution is 4.81. The summed E-state index contributed by atoms with van der Waals surface area (Å²) in [7, 11) is 0. The van der Waals surface area contributed by atoms with Crippen LogP contribution in [0.3, 0.4) is 0 Å². The van der Waals surface area contributed by atoms with Crippen LogP contribution in [-0.2, 0) is 14.2 Å². The lowest BCUT2D eigenvalue weighted by Crippen LogP contribution is -2.31. The molecule has 2 aliphatic heterocycles. The molecule has 2 fully saturated rings. The fraction of sp³-hybridized carbons (Fsp3) is 0.846. The van der Waals surface area contributed by atoms with E-state index in [1.165, 1.54) is 25.7 Å². The van der Waals surface area contributed by atoms with E-state index in [0.717, 1.165) is 26.1 Å². The number of aliphatic hydroxyl groups excluding tert-OH is 1. The fourth-order valence-electron chi connectivity index (χ4n) is 1.81. The molecule has 2 unspecified atom stereocenters. The quantitative estimate of drug-likeness (QED) is 0.755. The summed E-state index contributed by atoms with van der Waals surface area (Å²) >= 11 is 0. The number of rotatable bonds is 2. The summed E-state index contributed by atoms with van der Waals surface area (Å²) in [5.74, 6) is 2.24. The zero-order valence-electron chi connectivity index (χ0n) is 10.5. The van der Waals surface area contributed by atoms with Crippen molar-refractivity contribution in [2.24, 2.45) is 0 Å². The zero-order valence-corrected chi connectivity index (χ0v) is 10.5. The van der Waals surface area contributed by atoms with E-state index in [0.29, 0.717) is 0 Å². The van der Waals surface area contributed by atoms with Crippen molar-refractivity contribution in [1.82, 2.24) is 0 Å². The molecule has 17 heavy (non-hydrogen) atoms. The lowest BCUT2D eigenvalue weighted by molar-refractivity contribution is -0.264. The molecule has 0 spiro atoms. The molecular weight excluding hydrogens is 220 g/mol. The third kappa shape index (κ3) is 6.52. The van der Waals surface area contributed by atoms with E-state index in [2.05, 4.69) is 5.92 Å². The van der Waals surface area contributed by atoms with Crippen molar-refractivity contribution in [2.45, 2.75) is 58.0 Å². The van der Waals surface area contributed by atoms with E-state index >= 15 is 0 Å². The highest BCUT2D eigenvalue weighted by atomic mass is 16.8. The van der Waals surface area contributed by atoms with Crippen LogP contribution in [0.4, 0.5) is 0 Å². The lowest BCUT2D eigenvalue weighted by Gasteiger charge is -2.29. The SMILES string of the molecule is C1CCC(OC2CCCCO2)OC1.CC#CO. The molecule has 2 saturated heterocycles. The molecule has 2 atom stereocenters. The van der Waals surface area contributed by atoms with Gasteiger partial charge in [0.1, 0.15) is 6.11 Å². The summed E-state index contributed by atoms with van der Waals surface area (Å²) in [5.41, 5.74) is 0. The van der Waals surface area contributed by atoms with Crippen LogP contribution < -0.4 is 0 Å². The number of hydrogen-bond acceptors (Lipinski definition) is 4. The van der Waals surface area contributed by atoms with E-state index in [-0.39, 0.29) is 12.6 Å². The smallest absolute Gasteiger partial charge is 0.160 e. The van der Waals surface area contributed by atoms with E-state index in [9.17, 15) is 0 Å². The maximum atomic E-state index is 7.51. The van der Waals surface area contributed by atoms with Gasteiger partial charge in [-0.2, -0.15) is 0 Å². The van der Waals surface area contributed by atoms with Gasteiger partial charge in [0.25, 0.3) is 0 Å². The van der Waals surface area contributed by atoms with E-state index in [1.54, 1.807) is 13.0 Å². The van der Waals surface area contributed by atoms with Crippen molar-refractivity contribution in [2.75, 3.05) is 13.2 Å². The molecule has 98 valence electrons. The second kappa shape index (κ2) is 9.29. The van der Waals surface area contributed by atoms with Gasteiger partial charge < -0.3 is 19.3 Å². The maximum absolute atomic E-state index is 7.51. The van der Waals surface area contributed by atoms with Gasteiger partial charge in [0.05, 0.1) is 0 Å². The summed E-state index contributed by atoms with van der Waals surface area (Å²) in [6.45, 7) is 3.26. The van der Waals surface area contributed by atoms with Crippen LogP contribution in [0.5, 0.6) is 0 Å². The van der Waals surface area contributed by atoms with Gasteiger partial charge in [0, 0.05) is 20.1 Å². The average Bonchev–Trinajstić information content (AvgIpc) is 2.41. The van der Waals surface area contributed by atoms with E-state index < -0.39 is 0 Å². The van der Waals surface area contributed by atoms with Gasteiger partial charge in [-0.3, -0.25) is 0 Å². The largest absolute Gasteiger partial charge is 0.462 e. The minimum atomic E-state index is -0.00292. The van der Waals surface area contributed by atoms with Crippen molar-refractivity contribution >= 4 is 0 Å². The molecule has 0 aromatic heterocycles. The lowest BCUT2D eigenvalue weighted by atomic mass is 10.2. The van der Waals surface area contributed by atoms with Crippen LogP contribution in [-0.4, -0.2) is 30.9 Å². The molecule has 0 aromatic rings. The van der Waals surface area contributed by atoms with Crippen LogP contribution in [0.25, 0.3) is 0 Å². The summed E-state index contributed by atoms with van der Waals surface area (Å²) in [6.07, 6.45) is 8.51. The zero-order chi connectivity index (χ0) is 12.3. The molecular formula is C13H22O4. The van der Waals surface area contributed by atoms with Crippen molar-refractivity contribution in [3.05, 3.63) is 0 Å². The molecule has 2 heterocycles. The molecule has 4 heteroatoms. The van der Waals surface area contributed by atoms with Gasteiger partial charge in [-0.1, -0.05) is 5.92 Å². The third-order valence-corrected chi connectivity index (χ3v) is 2.69. The molecule has 0 bridgehead atoms. The fourth-order valence-corrected chi connectivity index (χ4v) is 1.81. The Balaban J connectivity index is 0.000000317. The number of ether oxygens (including phenoxy) is 3. The Kier molecular flexibility index (Phi) is 7.81. The van der Waals surface area contributed by atoms with Crippen LogP contribution in [0.1, 0.15) is 45.4 Å². The van der Waals surface area contributed by atoms with Gasteiger partial charge in [-0.25, -0.2) is 0 Å². The van der Waals surface area contributed by atoms with Crippen molar-refractivity contribution in [3.63, 3.8) is 0 Å². The van der Waals surface area contributed by atoms with Gasteiger partial charge in [-0.05, 0) is 38.5 Å². The van der Waals surface area contributed by atoms with Gasteiger partial charge >= 0.3 is 0 Å². The summed E-state index contributed by atoms with van der Waals surface area (Å²) in [5, 5.41) is 7.51. The first-order valence-corrected chi connectivity index (χ1v) is 6.31. The van der Waals surface area contributed by atoms with Gasteiger partial charge in [0.15, 0.2) is 12.6 Å². The standard InChI is InChI=1S/C10H18O3.C3H4O/c1-3-7-11-9(5-1)13-10-6-2-4-8-12-10;1-2-3-4/h9-10H,1-8H2;4H,1H3. The highest BCUT2D eigenvalue weighted by Gasteiger charge is 2.21. The molecule has 0 aromatic carbocycles. The van der Waals surface area contributed by atoms with E-state index in [1.807, 2.05) is 0 Å². The third-order valence-electron chi connectivity index (χ3n) is 2.69. The molecule has 0 saturated carbocycles. The highest BCUT2D eigenvalue weighted by Crippen LogP contribution is 2.20. The molecule has 0 aliphatic carbocycles. The second-order valence-corrected chi connectivity index (χ2v) is 4.09. The van der Waals surface area contributed by atoms with Crippen LogP contribution in [0, 0.1) is 12.0 Å². The monoisotopic (exact) mass is 242 g/mol. The molecule has 0 radical (unpaired) electrons. The molecule has 2 rings (SSSR count). The molecule has 1 N–H and O–H groups in total. The van der Waals surface area contributed by atoms with Crippen LogP contribution in [0.15, 0.2) is 0 Å². The normalized spacial score (nSPS) is 28.3. The predicted molar refractivity (Wildman–Crippen MR) is 63.7 cm³/mol.